The van der Waals surface area contributed by atoms with Crippen molar-refractivity contribution >= 4 is 15.9 Å². The smallest absolute Gasteiger partial charge is 0.243 e. The predicted octanol–water partition coefficient (Wildman–Crippen LogP) is 2.73. The zero-order chi connectivity index (χ0) is 19.6. The number of piperazine rings is 1. The molecule has 1 aromatic rings. The van der Waals surface area contributed by atoms with Crippen molar-refractivity contribution in [2.45, 2.75) is 51.3 Å². The van der Waals surface area contributed by atoms with E-state index < -0.39 is 10.0 Å². The number of rotatable bonds is 5. The van der Waals surface area contributed by atoms with Gasteiger partial charge in [0.2, 0.25) is 15.9 Å². The standard InChI is InChI=1S/C20H30N2O4S/c1-4-26-18-13-16(3)19(14-15(18)2)27(24,25)22-11-9-21(10-12-22)20(23)17-7-5-6-8-17/h13-14,17H,4-12H2,1-3H3. The first-order chi connectivity index (χ1) is 12.8. The zero-order valence-corrected chi connectivity index (χ0v) is 17.3. The maximum absolute atomic E-state index is 13.1. The van der Waals surface area contributed by atoms with Gasteiger partial charge in [0.25, 0.3) is 0 Å². The van der Waals surface area contributed by atoms with Gasteiger partial charge in [-0.1, -0.05) is 12.8 Å². The maximum atomic E-state index is 13.1. The Balaban J connectivity index is 1.71. The molecule has 150 valence electrons. The summed E-state index contributed by atoms with van der Waals surface area (Å²) in [6, 6.07) is 3.50. The molecular weight excluding hydrogens is 364 g/mol. The molecule has 0 radical (unpaired) electrons. The fraction of sp³-hybridized carbons (Fsp3) is 0.650. The number of hydrogen-bond donors (Lipinski definition) is 0. The van der Waals surface area contributed by atoms with Gasteiger partial charge < -0.3 is 9.64 Å². The molecule has 1 heterocycles. The topological polar surface area (TPSA) is 66.9 Å². The molecule has 1 saturated heterocycles. The summed E-state index contributed by atoms with van der Waals surface area (Å²) < 4.78 is 33.4. The average Bonchev–Trinajstić information content (AvgIpc) is 3.18. The molecule has 1 saturated carbocycles. The molecule has 1 aliphatic carbocycles. The normalized spacial score (nSPS) is 19.4. The van der Waals surface area contributed by atoms with Crippen molar-refractivity contribution in [3.63, 3.8) is 0 Å². The maximum Gasteiger partial charge on any atom is 0.243 e. The van der Waals surface area contributed by atoms with Crippen molar-refractivity contribution in [3.8, 4) is 5.75 Å². The summed E-state index contributed by atoms with van der Waals surface area (Å²) in [5, 5.41) is 0. The Labute approximate surface area is 162 Å². The first-order valence-electron chi connectivity index (χ1n) is 9.87. The van der Waals surface area contributed by atoms with Crippen LogP contribution in [-0.4, -0.2) is 56.3 Å². The summed E-state index contributed by atoms with van der Waals surface area (Å²) in [4.78, 5) is 14.7. The lowest BCUT2D eigenvalue weighted by molar-refractivity contribution is -0.136. The molecule has 0 atom stereocenters. The van der Waals surface area contributed by atoms with Crippen LogP contribution in [0.25, 0.3) is 0 Å². The van der Waals surface area contributed by atoms with Crippen LogP contribution in [0.4, 0.5) is 0 Å². The predicted molar refractivity (Wildman–Crippen MR) is 104 cm³/mol. The van der Waals surface area contributed by atoms with Gasteiger partial charge in [-0.15, -0.1) is 0 Å². The molecular formula is C20H30N2O4S. The Morgan fingerprint density at radius 1 is 1.07 bits per heavy atom. The summed E-state index contributed by atoms with van der Waals surface area (Å²) >= 11 is 0. The number of carbonyl (C=O) groups excluding carboxylic acids is 1. The van der Waals surface area contributed by atoms with Crippen LogP contribution < -0.4 is 4.74 Å². The van der Waals surface area contributed by atoms with Gasteiger partial charge in [-0.25, -0.2) is 8.42 Å². The van der Waals surface area contributed by atoms with E-state index >= 15 is 0 Å². The van der Waals surface area contributed by atoms with Crippen LogP contribution in [0.15, 0.2) is 17.0 Å². The van der Waals surface area contributed by atoms with Crippen LogP contribution in [0.2, 0.25) is 0 Å². The van der Waals surface area contributed by atoms with Crippen LogP contribution in [0.5, 0.6) is 5.75 Å². The molecule has 6 nitrogen and oxygen atoms in total. The van der Waals surface area contributed by atoms with Gasteiger partial charge in [0, 0.05) is 32.1 Å². The highest BCUT2D eigenvalue weighted by molar-refractivity contribution is 7.89. The zero-order valence-electron chi connectivity index (χ0n) is 16.5. The van der Waals surface area contributed by atoms with Gasteiger partial charge in [0.15, 0.2) is 0 Å². The summed E-state index contributed by atoms with van der Waals surface area (Å²) in [6.45, 7) is 7.78. The minimum absolute atomic E-state index is 0.143. The van der Waals surface area contributed by atoms with Crippen molar-refractivity contribution in [3.05, 3.63) is 23.3 Å². The molecule has 3 rings (SSSR count). The first-order valence-corrected chi connectivity index (χ1v) is 11.3. The van der Waals surface area contributed by atoms with Crippen LogP contribution in [0, 0.1) is 19.8 Å². The van der Waals surface area contributed by atoms with Gasteiger partial charge in [-0.3, -0.25) is 4.79 Å². The molecule has 1 amide bonds. The molecule has 0 unspecified atom stereocenters. The number of aryl methyl sites for hydroxylation is 2. The van der Waals surface area contributed by atoms with Crippen molar-refractivity contribution in [2.24, 2.45) is 5.92 Å². The first kappa shape index (κ1) is 20.1. The molecule has 1 aromatic carbocycles. The third-order valence-corrected chi connectivity index (χ3v) is 7.69. The lowest BCUT2D eigenvalue weighted by atomic mass is 10.1. The van der Waals surface area contributed by atoms with Gasteiger partial charge in [-0.05, 0) is 56.9 Å². The molecule has 0 spiro atoms. The molecule has 2 aliphatic rings. The largest absolute Gasteiger partial charge is 0.494 e. The minimum atomic E-state index is -3.58. The van der Waals surface area contributed by atoms with Crippen molar-refractivity contribution in [2.75, 3.05) is 32.8 Å². The lowest BCUT2D eigenvalue weighted by Gasteiger charge is -2.35. The van der Waals surface area contributed by atoms with Gasteiger partial charge in [-0.2, -0.15) is 4.31 Å². The van der Waals surface area contributed by atoms with E-state index in [9.17, 15) is 13.2 Å². The van der Waals surface area contributed by atoms with Gasteiger partial charge in [0.1, 0.15) is 5.75 Å². The number of amides is 1. The van der Waals surface area contributed by atoms with E-state index in [1.54, 1.807) is 19.1 Å². The van der Waals surface area contributed by atoms with E-state index in [1.165, 1.54) is 4.31 Å². The number of benzene rings is 1. The minimum Gasteiger partial charge on any atom is -0.494 e. The summed E-state index contributed by atoms with van der Waals surface area (Å²) in [5.41, 5.74) is 1.50. The summed E-state index contributed by atoms with van der Waals surface area (Å²) in [7, 11) is -3.58. The molecule has 0 aromatic heterocycles. The quantitative estimate of drug-likeness (QED) is 0.770. The second kappa shape index (κ2) is 8.19. The fourth-order valence-electron chi connectivity index (χ4n) is 4.07. The highest BCUT2D eigenvalue weighted by atomic mass is 32.2. The van der Waals surface area contributed by atoms with E-state index in [2.05, 4.69) is 0 Å². The van der Waals surface area contributed by atoms with Crippen LogP contribution >= 0.6 is 0 Å². The summed E-state index contributed by atoms with van der Waals surface area (Å²) in [5.74, 6) is 1.07. The number of sulfonamides is 1. The van der Waals surface area contributed by atoms with Crippen molar-refractivity contribution in [1.29, 1.82) is 0 Å². The number of carbonyl (C=O) groups is 1. The number of nitrogens with zero attached hydrogens (tertiary/aromatic N) is 2. The molecule has 27 heavy (non-hydrogen) atoms. The van der Waals surface area contributed by atoms with Gasteiger partial charge >= 0.3 is 0 Å². The Bertz CT molecular complexity index is 792. The average molecular weight is 395 g/mol. The molecule has 7 heteroatoms. The van der Waals surface area contributed by atoms with E-state index in [0.29, 0.717) is 43.2 Å². The van der Waals surface area contributed by atoms with Crippen LogP contribution in [-0.2, 0) is 14.8 Å². The highest BCUT2D eigenvalue weighted by Gasteiger charge is 2.34. The van der Waals surface area contributed by atoms with Crippen molar-refractivity contribution in [1.82, 2.24) is 9.21 Å². The molecule has 0 bridgehead atoms. The highest BCUT2D eigenvalue weighted by Crippen LogP contribution is 2.30. The SMILES string of the molecule is CCOc1cc(C)c(S(=O)(=O)N2CCN(C(=O)C3CCCC3)CC2)cc1C. The molecule has 0 N–H and O–H groups in total. The Kier molecular flexibility index (Phi) is 6.11. The second-order valence-electron chi connectivity index (χ2n) is 7.53. The fourth-order valence-corrected chi connectivity index (χ4v) is 5.78. The Hall–Kier alpha value is -1.60. The van der Waals surface area contributed by atoms with Gasteiger partial charge in [0.05, 0.1) is 11.5 Å². The third kappa shape index (κ3) is 4.14. The van der Waals surface area contributed by atoms with E-state index in [-0.39, 0.29) is 11.8 Å². The van der Waals surface area contributed by atoms with E-state index in [4.69, 9.17) is 4.74 Å². The van der Waals surface area contributed by atoms with Crippen LogP contribution in [0.3, 0.4) is 0 Å². The lowest BCUT2D eigenvalue weighted by Crippen LogP contribution is -2.51. The molecule has 2 fully saturated rings. The van der Waals surface area contributed by atoms with E-state index in [0.717, 1.165) is 37.0 Å². The molecule has 1 aliphatic heterocycles. The number of hydrogen-bond acceptors (Lipinski definition) is 4. The van der Waals surface area contributed by atoms with E-state index in [1.807, 2.05) is 18.7 Å². The van der Waals surface area contributed by atoms with Crippen molar-refractivity contribution < 1.29 is 17.9 Å². The third-order valence-electron chi connectivity index (χ3n) is 5.64. The monoisotopic (exact) mass is 394 g/mol. The Morgan fingerprint density at radius 2 is 1.70 bits per heavy atom. The Morgan fingerprint density at radius 3 is 2.30 bits per heavy atom. The van der Waals surface area contributed by atoms with Crippen LogP contribution in [0.1, 0.15) is 43.7 Å². The summed E-state index contributed by atoms with van der Waals surface area (Å²) in [6.07, 6.45) is 4.20. The number of ether oxygens (including phenoxy) is 1. The second-order valence-corrected chi connectivity index (χ2v) is 9.43.